The van der Waals surface area contributed by atoms with Crippen LogP contribution >= 0.6 is 27.5 Å². The van der Waals surface area contributed by atoms with Gasteiger partial charge in [-0.25, -0.2) is 0 Å². The van der Waals surface area contributed by atoms with Crippen molar-refractivity contribution in [3.05, 3.63) is 90.5 Å². The van der Waals surface area contributed by atoms with Crippen LogP contribution in [0, 0.1) is 11.8 Å². The molecule has 8 atom stereocenters. The molecule has 50 heavy (non-hydrogen) atoms. The van der Waals surface area contributed by atoms with Gasteiger partial charge in [-0.2, -0.15) is 0 Å². The Balaban J connectivity index is 1.52. The van der Waals surface area contributed by atoms with Gasteiger partial charge in [0.15, 0.2) is 0 Å². The van der Waals surface area contributed by atoms with Crippen LogP contribution < -0.4 is 10.2 Å². The lowest BCUT2D eigenvalue weighted by Crippen LogP contribution is -2.57. The number of para-hydroxylation sites is 1. The number of ether oxygens (including phenoxy) is 3. The first-order valence-electron chi connectivity index (χ1n) is 16.7. The molecule has 0 aliphatic carbocycles. The number of hydrogen-bond donors (Lipinski definition) is 2. The average Bonchev–Trinajstić information content (AvgIpc) is 3.70. The van der Waals surface area contributed by atoms with Gasteiger partial charge in [0.2, 0.25) is 11.8 Å². The lowest BCUT2D eigenvalue weighted by atomic mass is 9.70. The SMILES string of the molecule is C=CCCC(=O)N[C@@H](COC)[C@@H](OC(=O)[C@H]1[C@@H]2O[C@@]3(CC2Br)[C@@H]1C(=O)N(CCCO)[C@@H]3C(=O)N(CC=C)c1ccccc1Cl)c1ccccc1. The van der Waals surface area contributed by atoms with Crippen LogP contribution in [0.2, 0.25) is 5.02 Å². The third kappa shape index (κ3) is 7.27. The van der Waals surface area contributed by atoms with E-state index in [1.807, 2.05) is 6.07 Å². The summed E-state index contributed by atoms with van der Waals surface area (Å²) in [7, 11) is 1.49. The Morgan fingerprint density at radius 1 is 1.18 bits per heavy atom. The number of methoxy groups -OCH3 is 1. The first-order chi connectivity index (χ1) is 24.1. The fraction of sp³-hybridized carbons (Fsp3) is 0.459. The summed E-state index contributed by atoms with van der Waals surface area (Å²) in [5.74, 6) is -3.95. The fourth-order valence-corrected chi connectivity index (χ4v) is 8.72. The monoisotopic (exact) mass is 771 g/mol. The molecule has 3 aliphatic rings. The summed E-state index contributed by atoms with van der Waals surface area (Å²) in [5, 5.41) is 13.0. The maximum atomic E-state index is 14.7. The van der Waals surface area contributed by atoms with Gasteiger partial charge in [-0.05, 0) is 37.0 Å². The number of hydrogen-bond acceptors (Lipinski definition) is 8. The molecule has 2 bridgehead atoms. The molecule has 2 N–H and O–H groups in total. The quantitative estimate of drug-likeness (QED) is 0.138. The normalized spacial score (nSPS) is 26.2. The number of benzene rings is 2. The summed E-state index contributed by atoms with van der Waals surface area (Å²) in [6.45, 7) is 7.51. The number of nitrogens with zero attached hydrogens (tertiary/aromatic N) is 2. The molecular weight excluding hydrogens is 730 g/mol. The van der Waals surface area contributed by atoms with Crippen molar-refractivity contribution in [3.8, 4) is 0 Å². The number of aliphatic hydroxyl groups is 1. The number of likely N-dealkylation sites (tertiary alicyclic amines) is 1. The highest BCUT2D eigenvalue weighted by atomic mass is 79.9. The topological polar surface area (TPSA) is 135 Å². The van der Waals surface area contributed by atoms with Crippen LogP contribution in [0.25, 0.3) is 0 Å². The van der Waals surface area contributed by atoms with E-state index in [9.17, 15) is 24.3 Å². The van der Waals surface area contributed by atoms with Gasteiger partial charge in [0, 0.05) is 38.1 Å². The molecule has 5 rings (SSSR count). The van der Waals surface area contributed by atoms with Crippen LogP contribution in [0.3, 0.4) is 0 Å². The van der Waals surface area contributed by atoms with Gasteiger partial charge in [0.1, 0.15) is 17.7 Å². The second-order valence-electron chi connectivity index (χ2n) is 12.7. The summed E-state index contributed by atoms with van der Waals surface area (Å²) in [6.07, 6.45) is 2.62. The van der Waals surface area contributed by atoms with E-state index >= 15 is 0 Å². The molecule has 3 heterocycles. The van der Waals surface area contributed by atoms with Crippen molar-refractivity contribution in [1.29, 1.82) is 0 Å². The number of carbonyl (C=O) groups is 4. The van der Waals surface area contributed by atoms with Crippen molar-refractivity contribution < 1.29 is 38.5 Å². The van der Waals surface area contributed by atoms with E-state index in [4.69, 9.17) is 25.8 Å². The zero-order valence-corrected chi connectivity index (χ0v) is 30.3. The van der Waals surface area contributed by atoms with Crippen molar-refractivity contribution in [1.82, 2.24) is 10.2 Å². The average molecular weight is 773 g/mol. The van der Waals surface area contributed by atoms with E-state index in [0.717, 1.165) is 0 Å². The Morgan fingerprint density at radius 2 is 1.90 bits per heavy atom. The summed E-state index contributed by atoms with van der Waals surface area (Å²) in [6, 6.07) is 14.0. The minimum atomic E-state index is -1.38. The van der Waals surface area contributed by atoms with Gasteiger partial charge in [-0.3, -0.25) is 19.2 Å². The summed E-state index contributed by atoms with van der Waals surface area (Å²) in [4.78, 5) is 59.0. The number of anilines is 1. The van der Waals surface area contributed by atoms with Crippen molar-refractivity contribution in [2.24, 2.45) is 11.8 Å². The summed E-state index contributed by atoms with van der Waals surface area (Å²) < 4.78 is 18.4. The van der Waals surface area contributed by atoms with Gasteiger partial charge in [-0.15, -0.1) is 13.2 Å². The first kappa shape index (κ1) is 37.7. The lowest BCUT2D eigenvalue weighted by molar-refractivity contribution is -0.163. The van der Waals surface area contributed by atoms with Crippen LogP contribution in [-0.4, -0.2) is 95.7 Å². The number of halogens is 2. The van der Waals surface area contributed by atoms with Crippen molar-refractivity contribution in [2.75, 3.05) is 38.3 Å². The third-order valence-electron chi connectivity index (χ3n) is 9.58. The zero-order valence-electron chi connectivity index (χ0n) is 27.9. The number of esters is 1. The van der Waals surface area contributed by atoms with E-state index in [1.54, 1.807) is 60.7 Å². The van der Waals surface area contributed by atoms with Crippen molar-refractivity contribution in [2.45, 2.75) is 60.4 Å². The summed E-state index contributed by atoms with van der Waals surface area (Å²) in [5.41, 5.74) is -0.312. The molecule has 2 aromatic carbocycles. The summed E-state index contributed by atoms with van der Waals surface area (Å²) >= 11 is 10.3. The molecule has 3 amide bonds. The number of alkyl halides is 1. The highest BCUT2D eigenvalue weighted by molar-refractivity contribution is 9.09. The number of fused-ring (bicyclic) bond motifs is 1. The highest BCUT2D eigenvalue weighted by Gasteiger charge is 2.77. The second kappa shape index (κ2) is 16.6. The fourth-order valence-electron chi connectivity index (χ4n) is 7.54. The number of rotatable bonds is 17. The molecule has 268 valence electrons. The molecule has 0 aromatic heterocycles. The Labute approximate surface area is 305 Å². The number of amides is 3. The first-order valence-corrected chi connectivity index (χ1v) is 18.0. The van der Waals surface area contributed by atoms with Crippen LogP contribution in [0.5, 0.6) is 0 Å². The van der Waals surface area contributed by atoms with Gasteiger partial charge >= 0.3 is 5.97 Å². The number of carbonyl (C=O) groups excluding carboxylic acids is 4. The van der Waals surface area contributed by atoms with Gasteiger partial charge < -0.3 is 34.4 Å². The molecule has 11 nitrogen and oxygen atoms in total. The number of allylic oxidation sites excluding steroid dienone is 1. The third-order valence-corrected chi connectivity index (χ3v) is 10.7. The van der Waals surface area contributed by atoms with Crippen LogP contribution in [-0.2, 0) is 33.4 Å². The molecule has 0 saturated carbocycles. The predicted molar refractivity (Wildman–Crippen MR) is 192 cm³/mol. The van der Waals surface area contributed by atoms with E-state index in [2.05, 4.69) is 34.4 Å². The largest absolute Gasteiger partial charge is 0.455 e. The van der Waals surface area contributed by atoms with Crippen LogP contribution in [0.15, 0.2) is 79.9 Å². The van der Waals surface area contributed by atoms with Gasteiger partial charge in [0.05, 0.1) is 41.3 Å². The van der Waals surface area contributed by atoms with Crippen molar-refractivity contribution >= 4 is 56.9 Å². The lowest BCUT2D eigenvalue weighted by Gasteiger charge is -2.37. The maximum absolute atomic E-state index is 14.7. The molecule has 2 aromatic rings. The minimum absolute atomic E-state index is 0.0390. The second-order valence-corrected chi connectivity index (χ2v) is 14.3. The zero-order chi connectivity index (χ0) is 36.0. The molecular formula is C37H43BrClN3O8. The Hall–Kier alpha value is -3.55. The predicted octanol–water partition coefficient (Wildman–Crippen LogP) is 4.37. The molecule has 0 radical (unpaired) electrons. The van der Waals surface area contributed by atoms with Crippen LogP contribution in [0.1, 0.15) is 37.4 Å². The molecule has 3 fully saturated rings. The number of aliphatic hydroxyl groups excluding tert-OH is 1. The Morgan fingerprint density at radius 3 is 2.56 bits per heavy atom. The van der Waals surface area contributed by atoms with E-state index in [0.29, 0.717) is 22.7 Å². The molecule has 1 spiro atoms. The minimum Gasteiger partial charge on any atom is -0.455 e. The van der Waals surface area contributed by atoms with E-state index in [1.165, 1.54) is 16.9 Å². The van der Waals surface area contributed by atoms with Crippen LogP contribution in [0.4, 0.5) is 5.69 Å². The van der Waals surface area contributed by atoms with Gasteiger partial charge in [-0.1, -0.05) is 82.1 Å². The smallest absolute Gasteiger partial charge is 0.313 e. The van der Waals surface area contributed by atoms with E-state index < -0.39 is 59.5 Å². The van der Waals surface area contributed by atoms with E-state index in [-0.39, 0.29) is 56.3 Å². The van der Waals surface area contributed by atoms with Crippen molar-refractivity contribution in [3.63, 3.8) is 0 Å². The highest BCUT2D eigenvalue weighted by Crippen LogP contribution is 2.60. The Bertz CT molecular complexity index is 1580. The Kier molecular flexibility index (Phi) is 12.6. The number of nitrogens with one attached hydrogen (secondary N) is 1. The molecule has 3 saturated heterocycles. The molecule has 1 unspecified atom stereocenters. The molecule has 3 aliphatic heterocycles. The molecule has 13 heteroatoms. The standard InChI is InChI=1S/C37H43BrClN3O8/c1-4-6-17-28(44)40-26(22-48-3)31(23-13-8-7-9-14-23)49-36(47)29-30-34(45)42(19-12-20-43)33(37(30)21-24(38)32(29)50-37)35(46)41(18-5-2)27-16-11-10-15-25(27)39/h4-5,7-11,13-16,24,26,29-33,43H,1-2,6,12,17-22H2,3H3,(H,40,44)/t24?,26-,29+,30-,31-,32+,33+,37-/m0/s1. The maximum Gasteiger partial charge on any atom is 0.313 e. The van der Waals surface area contributed by atoms with Gasteiger partial charge in [0.25, 0.3) is 5.91 Å².